The van der Waals surface area contributed by atoms with E-state index in [9.17, 15) is 9.59 Å². The van der Waals surface area contributed by atoms with Crippen LogP contribution >= 0.6 is 0 Å². The van der Waals surface area contributed by atoms with Crippen LogP contribution in [-0.4, -0.2) is 18.2 Å². The smallest absolute Gasteiger partial charge is 0.223 e. The Balaban J connectivity index is 2.62. The van der Waals surface area contributed by atoms with Crippen molar-refractivity contribution in [1.29, 1.82) is 0 Å². The zero-order valence-electron chi connectivity index (χ0n) is 8.91. The lowest BCUT2D eigenvalue weighted by Crippen LogP contribution is -2.35. The molecule has 0 heterocycles. The Hall–Kier alpha value is -1.64. The van der Waals surface area contributed by atoms with Gasteiger partial charge in [0.25, 0.3) is 0 Å². The number of carbonyl (C=O) groups is 1. The van der Waals surface area contributed by atoms with Gasteiger partial charge in [-0.3, -0.25) is 9.59 Å². The molecule has 3 nitrogen and oxygen atoms in total. The lowest BCUT2D eigenvalue weighted by Gasteiger charge is -2.10. The molecule has 1 aromatic carbocycles. The molecular weight excluding hydrogens is 190 g/mol. The zero-order valence-corrected chi connectivity index (χ0v) is 8.91. The normalized spacial score (nSPS) is 11.9. The van der Waals surface area contributed by atoms with Crippen molar-refractivity contribution in [2.45, 2.75) is 26.3 Å². The number of hydrogen-bond acceptors (Lipinski definition) is 2. The fraction of sp³-hybridized carbons (Fsp3) is 0.333. The van der Waals surface area contributed by atoms with Gasteiger partial charge in [-0.15, -0.1) is 0 Å². The Morgan fingerprint density at radius 2 is 2.00 bits per heavy atom. The fourth-order valence-corrected chi connectivity index (χ4v) is 1.33. The van der Waals surface area contributed by atoms with E-state index in [1.807, 2.05) is 37.5 Å². The first-order chi connectivity index (χ1) is 7.11. The van der Waals surface area contributed by atoms with Crippen molar-refractivity contribution < 1.29 is 9.59 Å². The van der Waals surface area contributed by atoms with Gasteiger partial charge in [0.05, 0.1) is 6.04 Å². The maximum absolute atomic E-state index is 10.8. The van der Waals surface area contributed by atoms with Crippen LogP contribution in [0.25, 0.3) is 0 Å². The number of benzene rings is 1. The van der Waals surface area contributed by atoms with Gasteiger partial charge in [0.1, 0.15) is 0 Å². The summed E-state index contributed by atoms with van der Waals surface area (Å²) in [6.45, 7) is 3.39. The molecule has 79 valence electrons. The molecule has 15 heavy (non-hydrogen) atoms. The molecule has 0 saturated carbocycles. The first kappa shape index (κ1) is 11.4. The maximum Gasteiger partial charge on any atom is 0.223 e. The molecule has 0 spiro atoms. The second-order valence-corrected chi connectivity index (χ2v) is 3.56. The van der Waals surface area contributed by atoms with E-state index in [0.717, 1.165) is 5.56 Å². The van der Waals surface area contributed by atoms with Crippen molar-refractivity contribution in [3.63, 3.8) is 0 Å². The lowest BCUT2D eigenvalue weighted by molar-refractivity contribution is -0.119. The minimum absolute atomic E-state index is 0.213. The monoisotopic (exact) mass is 204 g/mol. The van der Waals surface area contributed by atoms with E-state index >= 15 is 0 Å². The Labute approximate surface area is 89.5 Å². The summed E-state index contributed by atoms with van der Waals surface area (Å²) in [5, 5.41) is 2.53. The summed E-state index contributed by atoms with van der Waals surface area (Å²) in [6.07, 6.45) is 2.30. The van der Waals surface area contributed by atoms with Crippen LogP contribution in [0.3, 0.4) is 0 Å². The molecule has 1 aromatic rings. The molecule has 1 radical (unpaired) electrons. The summed E-state index contributed by atoms with van der Waals surface area (Å²) >= 11 is 0. The topological polar surface area (TPSA) is 46.2 Å². The van der Waals surface area contributed by atoms with Crippen LogP contribution in [0, 0.1) is 6.92 Å². The average Bonchev–Trinajstić information content (AvgIpc) is 2.19. The minimum atomic E-state index is -0.551. The van der Waals surface area contributed by atoms with Gasteiger partial charge in [0.2, 0.25) is 12.2 Å². The predicted octanol–water partition coefficient (Wildman–Crippen LogP) is 1.15. The highest BCUT2D eigenvalue weighted by Gasteiger charge is 2.09. The molecule has 0 fully saturated rings. The molecule has 0 aliphatic heterocycles. The summed E-state index contributed by atoms with van der Waals surface area (Å²) in [5.74, 6) is -0.213. The van der Waals surface area contributed by atoms with E-state index < -0.39 is 6.04 Å². The number of nitrogens with one attached hydrogen (secondary N) is 1. The van der Waals surface area contributed by atoms with E-state index in [1.54, 1.807) is 0 Å². The summed E-state index contributed by atoms with van der Waals surface area (Å²) in [4.78, 5) is 21.3. The van der Waals surface area contributed by atoms with E-state index in [4.69, 9.17) is 0 Å². The molecule has 1 atom stereocenters. The number of hydrogen-bond donors (Lipinski definition) is 1. The van der Waals surface area contributed by atoms with Crippen molar-refractivity contribution >= 4 is 12.2 Å². The van der Waals surface area contributed by atoms with Gasteiger partial charge in [-0.1, -0.05) is 29.8 Å². The van der Waals surface area contributed by atoms with Crippen LogP contribution in [0.4, 0.5) is 0 Å². The van der Waals surface area contributed by atoms with Crippen LogP contribution in [0.2, 0.25) is 0 Å². The Morgan fingerprint density at radius 3 is 2.47 bits per heavy atom. The summed E-state index contributed by atoms with van der Waals surface area (Å²) < 4.78 is 0. The molecule has 3 heteroatoms. The Bertz CT molecular complexity index is 343. The molecule has 0 unspecified atom stereocenters. The Morgan fingerprint density at radius 1 is 1.40 bits per heavy atom. The van der Waals surface area contributed by atoms with Gasteiger partial charge in [0, 0.05) is 13.3 Å². The highest BCUT2D eigenvalue weighted by atomic mass is 16.2. The predicted molar refractivity (Wildman–Crippen MR) is 58.2 cm³/mol. The highest BCUT2D eigenvalue weighted by Crippen LogP contribution is 2.05. The maximum atomic E-state index is 10.8. The molecule has 1 rings (SSSR count). The molecule has 0 aromatic heterocycles. The fourth-order valence-electron chi connectivity index (χ4n) is 1.33. The number of amides is 1. The van der Waals surface area contributed by atoms with Gasteiger partial charge < -0.3 is 5.32 Å². The van der Waals surface area contributed by atoms with Crippen LogP contribution in [-0.2, 0) is 16.0 Å². The van der Waals surface area contributed by atoms with Crippen LogP contribution in [0.5, 0.6) is 0 Å². The number of carbonyl (C=O) groups excluding carboxylic acids is 2. The molecule has 1 amide bonds. The van der Waals surface area contributed by atoms with Gasteiger partial charge in [-0.25, -0.2) is 0 Å². The molecule has 0 aliphatic rings. The second-order valence-electron chi connectivity index (χ2n) is 3.56. The first-order valence-corrected chi connectivity index (χ1v) is 4.82. The largest absolute Gasteiger partial charge is 0.346 e. The zero-order chi connectivity index (χ0) is 11.3. The summed E-state index contributed by atoms with van der Waals surface area (Å²) in [5.41, 5.74) is 2.19. The highest BCUT2D eigenvalue weighted by molar-refractivity contribution is 5.77. The average molecular weight is 204 g/mol. The van der Waals surface area contributed by atoms with Crippen LogP contribution in [0.15, 0.2) is 24.3 Å². The van der Waals surface area contributed by atoms with E-state index in [0.29, 0.717) is 6.42 Å². The van der Waals surface area contributed by atoms with Crippen molar-refractivity contribution in [3.05, 3.63) is 35.4 Å². The molecule has 1 N–H and O–H groups in total. The summed E-state index contributed by atoms with van der Waals surface area (Å²) in [7, 11) is 0. The molecular formula is C12H14NO2. The van der Waals surface area contributed by atoms with E-state index in [1.165, 1.54) is 12.5 Å². The van der Waals surface area contributed by atoms with Crippen molar-refractivity contribution in [1.82, 2.24) is 5.32 Å². The number of rotatable bonds is 4. The summed E-state index contributed by atoms with van der Waals surface area (Å²) in [6, 6.07) is 7.30. The molecule has 0 bridgehead atoms. The third-order valence-electron chi connectivity index (χ3n) is 2.08. The van der Waals surface area contributed by atoms with Gasteiger partial charge in [0.15, 0.2) is 0 Å². The third kappa shape index (κ3) is 3.94. The number of aryl methyl sites for hydroxylation is 1. The van der Waals surface area contributed by atoms with Gasteiger partial charge >= 0.3 is 0 Å². The van der Waals surface area contributed by atoms with E-state index in [-0.39, 0.29) is 5.91 Å². The standard InChI is InChI=1S/C12H14NO2/c1-9-3-5-11(6-4-9)7-12(8-14)13-10(2)15/h3-6,12H,7H2,1-2H3,(H,13,15)/t12-/m0/s1. The van der Waals surface area contributed by atoms with E-state index in [2.05, 4.69) is 5.32 Å². The first-order valence-electron chi connectivity index (χ1n) is 4.82. The van der Waals surface area contributed by atoms with Gasteiger partial charge in [-0.05, 0) is 12.5 Å². The van der Waals surface area contributed by atoms with Gasteiger partial charge in [-0.2, -0.15) is 0 Å². The minimum Gasteiger partial charge on any atom is -0.346 e. The quantitative estimate of drug-likeness (QED) is 0.799. The Kier molecular flexibility index (Phi) is 4.03. The van der Waals surface area contributed by atoms with Crippen LogP contribution in [0.1, 0.15) is 18.1 Å². The van der Waals surface area contributed by atoms with Crippen LogP contribution < -0.4 is 5.32 Å². The van der Waals surface area contributed by atoms with Crippen molar-refractivity contribution in [3.8, 4) is 0 Å². The van der Waals surface area contributed by atoms with Crippen molar-refractivity contribution in [2.24, 2.45) is 0 Å². The van der Waals surface area contributed by atoms with Crippen molar-refractivity contribution in [2.75, 3.05) is 0 Å². The molecule has 0 aliphatic carbocycles. The third-order valence-corrected chi connectivity index (χ3v) is 2.08. The molecule has 0 saturated heterocycles. The SMILES string of the molecule is CC(=O)N[C@H]([C]=O)Cc1ccc(C)cc1. The second kappa shape index (κ2) is 5.29. The lowest BCUT2D eigenvalue weighted by atomic mass is 10.1.